The van der Waals surface area contributed by atoms with Gasteiger partial charge in [-0.15, -0.1) is 11.8 Å². The zero-order valence-corrected chi connectivity index (χ0v) is 11.7. The molecule has 1 N–H and O–H groups in total. The van der Waals surface area contributed by atoms with Gasteiger partial charge in [-0.1, -0.05) is 6.07 Å². The van der Waals surface area contributed by atoms with Crippen LogP contribution in [0.4, 0.5) is 0 Å². The number of aliphatic hydroxyl groups is 1. The second kappa shape index (κ2) is 5.66. The Morgan fingerprint density at radius 1 is 0.944 bits per heavy atom. The topological polar surface area (TPSA) is 20.2 Å². The summed E-state index contributed by atoms with van der Waals surface area (Å²) in [7, 11) is 0. The zero-order valence-electron chi connectivity index (χ0n) is 10.9. The summed E-state index contributed by atoms with van der Waals surface area (Å²) < 4.78 is 0. The van der Waals surface area contributed by atoms with E-state index in [-0.39, 0.29) is 6.10 Å². The summed E-state index contributed by atoms with van der Waals surface area (Å²) in [6.07, 6.45) is 9.54. The third-order valence-electron chi connectivity index (χ3n) is 4.27. The third kappa shape index (κ3) is 2.92. The van der Waals surface area contributed by atoms with Crippen molar-refractivity contribution in [2.45, 2.75) is 67.6 Å². The number of aliphatic hydroxyl groups excluding tert-OH is 1. The number of rotatable bonds is 2. The van der Waals surface area contributed by atoms with E-state index >= 15 is 0 Å². The number of hydrogen-bond donors (Lipinski definition) is 1. The molecule has 18 heavy (non-hydrogen) atoms. The molecule has 1 aromatic rings. The smallest absolute Gasteiger partial charge is 0.0541 e. The fourth-order valence-corrected chi connectivity index (χ4v) is 4.39. The molecule has 1 aromatic carbocycles. The molecule has 0 aromatic heterocycles. The average molecular weight is 262 g/mol. The van der Waals surface area contributed by atoms with Gasteiger partial charge in [0, 0.05) is 10.1 Å². The number of hydrogen-bond acceptors (Lipinski definition) is 2. The zero-order chi connectivity index (χ0) is 12.4. The highest BCUT2D eigenvalue weighted by Gasteiger charge is 2.20. The Labute approximate surface area is 114 Å². The molecule has 0 heterocycles. The lowest BCUT2D eigenvalue weighted by Crippen LogP contribution is -2.19. The van der Waals surface area contributed by atoms with E-state index in [9.17, 15) is 5.11 Å². The van der Waals surface area contributed by atoms with Gasteiger partial charge in [0.15, 0.2) is 0 Å². The molecular formula is C16H22OS. The van der Waals surface area contributed by atoms with Crippen molar-refractivity contribution in [3.63, 3.8) is 0 Å². The molecular weight excluding hydrogens is 240 g/mol. The van der Waals surface area contributed by atoms with Gasteiger partial charge in [-0.3, -0.25) is 0 Å². The molecule has 0 spiro atoms. The molecule has 0 atom stereocenters. The quantitative estimate of drug-likeness (QED) is 0.870. The van der Waals surface area contributed by atoms with Crippen molar-refractivity contribution in [2.24, 2.45) is 0 Å². The van der Waals surface area contributed by atoms with Crippen molar-refractivity contribution in [3.8, 4) is 0 Å². The van der Waals surface area contributed by atoms with Gasteiger partial charge in [0.1, 0.15) is 0 Å². The molecule has 0 radical (unpaired) electrons. The monoisotopic (exact) mass is 262 g/mol. The maximum atomic E-state index is 9.54. The van der Waals surface area contributed by atoms with Crippen molar-refractivity contribution in [1.82, 2.24) is 0 Å². The van der Waals surface area contributed by atoms with Crippen LogP contribution in [0.15, 0.2) is 23.1 Å². The largest absolute Gasteiger partial charge is 0.393 e. The summed E-state index contributed by atoms with van der Waals surface area (Å²) in [6, 6.07) is 7.07. The fraction of sp³-hybridized carbons (Fsp3) is 0.625. The normalized spacial score (nSPS) is 27.8. The van der Waals surface area contributed by atoms with Crippen LogP contribution < -0.4 is 0 Å². The van der Waals surface area contributed by atoms with Gasteiger partial charge >= 0.3 is 0 Å². The van der Waals surface area contributed by atoms with Crippen molar-refractivity contribution < 1.29 is 5.11 Å². The van der Waals surface area contributed by atoms with Crippen molar-refractivity contribution in [3.05, 3.63) is 29.3 Å². The van der Waals surface area contributed by atoms with Crippen LogP contribution in [0.25, 0.3) is 0 Å². The van der Waals surface area contributed by atoms with E-state index in [2.05, 4.69) is 18.2 Å². The van der Waals surface area contributed by atoms with Crippen LogP contribution in [-0.4, -0.2) is 16.5 Å². The average Bonchev–Trinajstić information content (AvgIpc) is 2.41. The number of benzene rings is 1. The van der Waals surface area contributed by atoms with Gasteiger partial charge in [0.25, 0.3) is 0 Å². The van der Waals surface area contributed by atoms with E-state index in [1.165, 1.54) is 43.4 Å². The third-order valence-corrected chi connectivity index (χ3v) is 5.60. The molecule has 0 unspecified atom stereocenters. The maximum absolute atomic E-state index is 9.54. The molecule has 0 aliphatic heterocycles. The lowest BCUT2D eigenvalue weighted by Gasteiger charge is -2.25. The van der Waals surface area contributed by atoms with Gasteiger partial charge in [-0.05, 0) is 74.6 Å². The van der Waals surface area contributed by atoms with Crippen LogP contribution >= 0.6 is 11.8 Å². The molecule has 98 valence electrons. The van der Waals surface area contributed by atoms with E-state index < -0.39 is 0 Å². The van der Waals surface area contributed by atoms with Gasteiger partial charge in [0.05, 0.1) is 6.10 Å². The standard InChI is InChI=1S/C16H22OS/c17-14-6-9-15(10-7-14)18-16-8-5-12-3-1-2-4-13(12)11-16/h5,8,11,14-15,17H,1-4,6-7,9-10H2. The molecule has 2 aliphatic carbocycles. The fourth-order valence-electron chi connectivity index (χ4n) is 3.14. The van der Waals surface area contributed by atoms with E-state index in [4.69, 9.17) is 0 Å². The van der Waals surface area contributed by atoms with E-state index in [0.717, 1.165) is 18.1 Å². The van der Waals surface area contributed by atoms with E-state index in [1.807, 2.05) is 11.8 Å². The van der Waals surface area contributed by atoms with Gasteiger partial charge in [0.2, 0.25) is 0 Å². The summed E-state index contributed by atoms with van der Waals surface area (Å²) in [6.45, 7) is 0. The van der Waals surface area contributed by atoms with Crippen LogP contribution in [0.5, 0.6) is 0 Å². The summed E-state index contributed by atoms with van der Waals surface area (Å²) in [5.74, 6) is 0. The van der Waals surface area contributed by atoms with E-state index in [0.29, 0.717) is 0 Å². The molecule has 3 rings (SSSR count). The Bertz CT molecular complexity index is 408. The minimum absolute atomic E-state index is 0.0367. The van der Waals surface area contributed by atoms with Gasteiger partial charge < -0.3 is 5.11 Å². The molecule has 0 bridgehead atoms. The highest BCUT2D eigenvalue weighted by Crippen LogP contribution is 2.35. The van der Waals surface area contributed by atoms with E-state index in [1.54, 1.807) is 11.1 Å². The Kier molecular flexibility index (Phi) is 3.95. The summed E-state index contributed by atoms with van der Waals surface area (Å²) in [4.78, 5) is 1.44. The van der Waals surface area contributed by atoms with Crippen LogP contribution in [-0.2, 0) is 12.8 Å². The molecule has 2 heteroatoms. The lowest BCUT2D eigenvalue weighted by atomic mass is 9.92. The number of aryl methyl sites for hydroxylation is 2. The van der Waals surface area contributed by atoms with Crippen LogP contribution in [0.2, 0.25) is 0 Å². The minimum atomic E-state index is -0.0367. The van der Waals surface area contributed by atoms with Crippen LogP contribution in [0.1, 0.15) is 49.7 Å². The van der Waals surface area contributed by atoms with Crippen LogP contribution in [0, 0.1) is 0 Å². The SMILES string of the molecule is OC1CCC(Sc2ccc3c(c2)CCCC3)CC1. The Balaban J connectivity index is 1.66. The summed E-state index contributed by atoms with van der Waals surface area (Å²) >= 11 is 2.03. The molecule has 0 amide bonds. The van der Waals surface area contributed by atoms with Gasteiger partial charge in [-0.25, -0.2) is 0 Å². The first-order valence-corrected chi connectivity index (χ1v) is 8.16. The first kappa shape index (κ1) is 12.6. The minimum Gasteiger partial charge on any atom is -0.393 e. The second-order valence-electron chi connectivity index (χ2n) is 5.69. The lowest BCUT2D eigenvalue weighted by molar-refractivity contribution is 0.132. The molecule has 2 aliphatic rings. The highest BCUT2D eigenvalue weighted by atomic mass is 32.2. The first-order valence-electron chi connectivity index (χ1n) is 7.28. The van der Waals surface area contributed by atoms with Gasteiger partial charge in [-0.2, -0.15) is 0 Å². The number of fused-ring (bicyclic) bond motifs is 1. The predicted molar refractivity (Wildman–Crippen MR) is 77.2 cm³/mol. The molecule has 1 fully saturated rings. The molecule has 1 nitrogen and oxygen atoms in total. The summed E-state index contributed by atoms with van der Waals surface area (Å²) in [5, 5.41) is 10.3. The molecule has 1 saturated carbocycles. The second-order valence-corrected chi connectivity index (χ2v) is 7.06. The van der Waals surface area contributed by atoms with Crippen molar-refractivity contribution in [2.75, 3.05) is 0 Å². The van der Waals surface area contributed by atoms with Crippen molar-refractivity contribution in [1.29, 1.82) is 0 Å². The first-order chi connectivity index (χ1) is 8.81. The Morgan fingerprint density at radius 3 is 2.44 bits per heavy atom. The van der Waals surface area contributed by atoms with Crippen molar-refractivity contribution >= 4 is 11.8 Å². The maximum Gasteiger partial charge on any atom is 0.0541 e. The Morgan fingerprint density at radius 2 is 1.67 bits per heavy atom. The highest BCUT2D eigenvalue weighted by molar-refractivity contribution is 8.00. The Hall–Kier alpha value is -0.470. The summed E-state index contributed by atoms with van der Waals surface area (Å²) in [5.41, 5.74) is 3.16. The van der Waals surface area contributed by atoms with Crippen LogP contribution in [0.3, 0.4) is 0 Å². The number of thioether (sulfide) groups is 1. The molecule has 0 saturated heterocycles. The predicted octanol–water partition coefficient (Wildman–Crippen LogP) is 3.96.